The van der Waals surface area contributed by atoms with Crippen molar-refractivity contribution in [3.63, 3.8) is 0 Å². The normalized spacial score (nSPS) is 27.4. The second-order valence-electron chi connectivity index (χ2n) is 6.62. The lowest BCUT2D eigenvalue weighted by Crippen LogP contribution is -2.59. The minimum Gasteiger partial charge on any atom is -0.475 e. The van der Waals surface area contributed by atoms with Gasteiger partial charge in [-0.05, 0) is 28.8 Å². The van der Waals surface area contributed by atoms with Crippen LogP contribution in [0.5, 0.6) is 0 Å². The van der Waals surface area contributed by atoms with Crippen molar-refractivity contribution >= 4 is 12.0 Å². The van der Waals surface area contributed by atoms with Crippen molar-refractivity contribution in [1.29, 1.82) is 0 Å². The molecule has 29 heavy (non-hydrogen) atoms. The lowest BCUT2D eigenvalue weighted by atomic mass is 9.99. The van der Waals surface area contributed by atoms with Crippen molar-refractivity contribution in [1.82, 2.24) is 0 Å². The van der Waals surface area contributed by atoms with Crippen LogP contribution in [0.15, 0.2) is 60.4 Å². The van der Waals surface area contributed by atoms with Crippen LogP contribution in [0.4, 0.5) is 0 Å². The van der Waals surface area contributed by atoms with Gasteiger partial charge in [0.15, 0.2) is 0 Å². The first-order valence-electron chi connectivity index (χ1n) is 8.98. The Hall–Kier alpha value is -2.75. The van der Waals surface area contributed by atoms with Crippen LogP contribution < -0.4 is 0 Å². The molecule has 1 saturated heterocycles. The standard InChI is InChI=1S/C21H22O8/c22-11-16-17(23)18(24)19(25)21(29-16)28-15(20(26)27)10-12-5-4-8-14(9-12)13-6-2-1-3-7-13/h1-10,16-19,21-25H,11H2,(H,26,27)/t16-,17+,18+,19-,21-/m0/s1. The van der Waals surface area contributed by atoms with E-state index >= 15 is 0 Å². The van der Waals surface area contributed by atoms with Gasteiger partial charge in [-0.25, -0.2) is 4.79 Å². The first-order valence-corrected chi connectivity index (χ1v) is 8.98. The molecular weight excluding hydrogens is 380 g/mol. The Balaban J connectivity index is 1.85. The third-order valence-electron chi connectivity index (χ3n) is 4.59. The Labute approximate surface area is 166 Å². The fraction of sp³-hybridized carbons (Fsp3) is 0.286. The Morgan fingerprint density at radius 1 is 0.966 bits per heavy atom. The molecule has 0 spiro atoms. The monoisotopic (exact) mass is 402 g/mol. The van der Waals surface area contributed by atoms with Gasteiger partial charge in [0.2, 0.25) is 12.0 Å². The maximum absolute atomic E-state index is 11.6. The molecule has 2 aromatic rings. The molecule has 0 radical (unpaired) electrons. The maximum Gasteiger partial charge on any atom is 0.371 e. The first kappa shape index (κ1) is 21.0. The average molecular weight is 402 g/mol. The fourth-order valence-corrected chi connectivity index (χ4v) is 3.03. The Morgan fingerprint density at radius 3 is 2.31 bits per heavy atom. The Bertz CT molecular complexity index is 864. The first-order chi connectivity index (χ1) is 13.9. The highest BCUT2D eigenvalue weighted by Crippen LogP contribution is 2.25. The molecule has 0 saturated carbocycles. The Kier molecular flexibility index (Phi) is 6.63. The number of rotatable bonds is 6. The van der Waals surface area contributed by atoms with Crippen molar-refractivity contribution in [3.8, 4) is 11.1 Å². The molecule has 154 valence electrons. The summed E-state index contributed by atoms with van der Waals surface area (Å²) in [7, 11) is 0. The molecule has 1 aliphatic heterocycles. The number of carboxylic acids is 1. The van der Waals surface area contributed by atoms with Crippen LogP contribution in [-0.2, 0) is 14.3 Å². The molecule has 2 aromatic carbocycles. The highest BCUT2D eigenvalue weighted by atomic mass is 16.7. The van der Waals surface area contributed by atoms with Crippen LogP contribution in [0.25, 0.3) is 17.2 Å². The third-order valence-corrected chi connectivity index (χ3v) is 4.59. The molecule has 5 atom stereocenters. The summed E-state index contributed by atoms with van der Waals surface area (Å²) >= 11 is 0. The average Bonchev–Trinajstić information content (AvgIpc) is 2.74. The van der Waals surface area contributed by atoms with Crippen molar-refractivity contribution < 1.29 is 39.8 Å². The number of benzene rings is 2. The zero-order chi connectivity index (χ0) is 21.0. The number of carboxylic acid groups (broad SMARTS) is 1. The van der Waals surface area contributed by atoms with Crippen LogP contribution in [0, 0.1) is 0 Å². The van der Waals surface area contributed by atoms with Crippen molar-refractivity contribution in [2.75, 3.05) is 6.61 Å². The minimum absolute atomic E-state index is 0.528. The summed E-state index contributed by atoms with van der Waals surface area (Å²) in [6, 6.07) is 16.6. The molecule has 8 heteroatoms. The molecule has 0 bridgehead atoms. The van der Waals surface area contributed by atoms with E-state index in [1.807, 2.05) is 36.4 Å². The predicted molar refractivity (Wildman–Crippen MR) is 102 cm³/mol. The van der Waals surface area contributed by atoms with Crippen LogP contribution in [0.3, 0.4) is 0 Å². The van der Waals surface area contributed by atoms with Crippen molar-refractivity contribution in [2.45, 2.75) is 30.7 Å². The predicted octanol–water partition coefficient (Wildman–Crippen LogP) is 0.596. The number of aliphatic hydroxyl groups excluding tert-OH is 4. The molecule has 0 amide bonds. The second kappa shape index (κ2) is 9.17. The molecule has 1 aliphatic rings. The van der Waals surface area contributed by atoms with Crippen LogP contribution >= 0.6 is 0 Å². The number of aliphatic hydroxyl groups is 4. The summed E-state index contributed by atoms with van der Waals surface area (Å²) in [4.78, 5) is 11.6. The zero-order valence-corrected chi connectivity index (χ0v) is 15.3. The van der Waals surface area contributed by atoms with Gasteiger partial charge in [-0.3, -0.25) is 0 Å². The number of hydrogen-bond donors (Lipinski definition) is 5. The van der Waals surface area contributed by atoms with Crippen LogP contribution in [0.1, 0.15) is 5.56 Å². The smallest absolute Gasteiger partial charge is 0.371 e. The molecule has 1 fully saturated rings. The van der Waals surface area contributed by atoms with Crippen LogP contribution in [-0.4, -0.2) is 68.8 Å². The molecule has 1 heterocycles. The molecule has 0 aliphatic carbocycles. The zero-order valence-electron chi connectivity index (χ0n) is 15.3. The number of aliphatic carboxylic acids is 1. The number of carbonyl (C=O) groups is 1. The number of hydrogen-bond acceptors (Lipinski definition) is 7. The third kappa shape index (κ3) is 4.81. The van der Waals surface area contributed by atoms with E-state index in [2.05, 4.69) is 0 Å². The van der Waals surface area contributed by atoms with Gasteiger partial charge in [0.05, 0.1) is 6.61 Å². The van der Waals surface area contributed by atoms with Crippen molar-refractivity contribution in [2.24, 2.45) is 0 Å². The van der Waals surface area contributed by atoms with Gasteiger partial charge in [-0.15, -0.1) is 0 Å². The molecule has 8 nitrogen and oxygen atoms in total. The molecule has 5 N–H and O–H groups in total. The van der Waals surface area contributed by atoms with E-state index in [-0.39, 0.29) is 0 Å². The van der Waals surface area contributed by atoms with E-state index in [9.17, 15) is 30.3 Å². The summed E-state index contributed by atoms with van der Waals surface area (Å²) < 4.78 is 10.5. The van der Waals surface area contributed by atoms with Crippen molar-refractivity contribution in [3.05, 3.63) is 65.9 Å². The van der Waals surface area contributed by atoms with E-state index in [1.165, 1.54) is 6.08 Å². The quantitative estimate of drug-likeness (QED) is 0.350. The van der Waals surface area contributed by atoms with E-state index in [0.717, 1.165) is 11.1 Å². The Morgan fingerprint density at radius 2 is 1.66 bits per heavy atom. The summed E-state index contributed by atoms with van der Waals surface area (Å²) in [5.41, 5.74) is 2.36. The largest absolute Gasteiger partial charge is 0.475 e. The maximum atomic E-state index is 11.6. The van der Waals surface area contributed by atoms with Crippen LogP contribution in [0.2, 0.25) is 0 Å². The SMILES string of the molecule is O=C(O)C(=Cc1cccc(-c2ccccc2)c1)O[C@H]1O[C@@H](CO)[C@@H](O)[C@@H](O)[C@@H]1O. The minimum atomic E-state index is -1.70. The summed E-state index contributed by atoms with van der Waals surface area (Å²) in [6.07, 6.45) is -6.45. The highest BCUT2D eigenvalue weighted by Gasteiger charge is 2.45. The highest BCUT2D eigenvalue weighted by molar-refractivity contribution is 5.90. The topological polar surface area (TPSA) is 137 Å². The number of ether oxygens (including phenoxy) is 2. The lowest BCUT2D eigenvalue weighted by Gasteiger charge is -2.39. The summed E-state index contributed by atoms with van der Waals surface area (Å²) in [5.74, 6) is -1.94. The van der Waals surface area contributed by atoms with Gasteiger partial charge < -0.3 is 35.0 Å². The summed E-state index contributed by atoms with van der Waals surface area (Å²) in [5, 5.41) is 48.4. The van der Waals surface area contributed by atoms with E-state index < -0.39 is 49.0 Å². The van der Waals surface area contributed by atoms with E-state index in [1.54, 1.807) is 18.2 Å². The molecule has 0 aromatic heterocycles. The molecule has 0 unspecified atom stereocenters. The fourth-order valence-electron chi connectivity index (χ4n) is 3.03. The van der Waals surface area contributed by atoms with Gasteiger partial charge in [0, 0.05) is 0 Å². The second-order valence-corrected chi connectivity index (χ2v) is 6.62. The molecule has 3 rings (SSSR count). The van der Waals surface area contributed by atoms with Gasteiger partial charge in [-0.1, -0.05) is 48.5 Å². The van der Waals surface area contributed by atoms with Gasteiger partial charge in [-0.2, -0.15) is 0 Å². The molecular formula is C21H22O8. The van der Waals surface area contributed by atoms with Gasteiger partial charge in [0.1, 0.15) is 24.4 Å². The lowest BCUT2D eigenvalue weighted by molar-refractivity contribution is -0.291. The van der Waals surface area contributed by atoms with Gasteiger partial charge in [0.25, 0.3) is 0 Å². The van der Waals surface area contributed by atoms with E-state index in [0.29, 0.717) is 5.56 Å². The van der Waals surface area contributed by atoms with E-state index in [4.69, 9.17) is 9.47 Å². The van der Waals surface area contributed by atoms with Gasteiger partial charge >= 0.3 is 5.97 Å². The summed E-state index contributed by atoms with van der Waals surface area (Å²) in [6.45, 7) is -0.643.